The molecule has 0 spiro atoms. The highest BCUT2D eigenvalue weighted by Gasteiger charge is 2.12. The molecule has 0 unspecified atom stereocenters. The number of furan rings is 1. The van der Waals surface area contributed by atoms with Crippen LogP contribution in [0.1, 0.15) is 0 Å². The molecule has 0 fully saturated rings. The maximum Gasteiger partial charge on any atom is 0.222 e. The smallest absolute Gasteiger partial charge is 0.222 e. The topological polar surface area (TPSA) is 74.4 Å². The molecule has 0 aliphatic heterocycles. The van der Waals surface area contributed by atoms with Crippen LogP contribution < -0.4 is 10.5 Å². The minimum atomic E-state index is 0.257. The van der Waals surface area contributed by atoms with Crippen LogP contribution in [0.3, 0.4) is 0 Å². The van der Waals surface area contributed by atoms with Crippen molar-refractivity contribution < 1.29 is 13.7 Å². The molecule has 0 radical (unpaired) electrons. The molecule has 17 heavy (non-hydrogen) atoms. The number of fused-ring (bicyclic) bond motifs is 1. The summed E-state index contributed by atoms with van der Waals surface area (Å²) in [5.41, 5.74) is 6.73. The maximum atomic E-state index is 5.69. The van der Waals surface area contributed by atoms with Crippen molar-refractivity contribution in [1.29, 1.82) is 0 Å². The van der Waals surface area contributed by atoms with Gasteiger partial charge in [-0.2, -0.15) is 0 Å². The Balaban J connectivity index is 2.19. The first-order valence-electron chi connectivity index (χ1n) is 5.07. The van der Waals surface area contributed by atoms with Gasteiger partial charge in [-0.1, -0.05) is 17.3 Å². The molecule has 0 saturated heterocycles. The zero-order chi connectivity index (χ0) is 11.8. The van der Waals surface area contributed by atoms with Gasteiger partial charge in [0.2, 0.25) is 5.88 Å². The molecular weight excluding hydrogens is 220 g/mol. The molecule has 3 aromatic rings. The van der Waals surface area contributed by atoms with Gasteiger partial charge in [-0.05, 0) is 12.1 Å². The Kier molecular flexibility index (Phi) is 2.04. The second-order valence-electron chi connectivity index (χ2n) is 3.60. The number of hydrogen-bond donors (Lipinski definition) is 1. The average molecular weight is 230 g/mol. The standard InChI is InChI=1S/C12H10N2O3/c1-15-9-4-2-3-7-5-10(16-12(7)9)8-6-11(13)17-14-8/h2-6H,13H2,1H3. The number of para-hydroxylation sites is 1. The first-order chi connectivity index (χ1) is 8.28. The van der Waals surface area contributed by atoms with Crippen LogP contribution in [-0.2, 0) is 0 Å². The third kappa shape index (κ3) is 1.52. The number of nitrogens with zero attached hydrogens (tertiary/aromatic N) is 1. The van der Waals surface area contributed by atoms with E-state index in [1.54, 1.807) is 13.2 Å². The van der Waals surface area contributed by atoms with Crippen LogP contribution in [0.15, 0.2) is 39.3 Å². The molecule has 86 valence electrons. The van der Waals surface area contributed by atoms with Crippen LogP contribution >= 0.6 is 0 Å². The van der Waals surface area contributed by atoms with Crippen molar-refractivity contribution in [1.82, 2.24) is 5.16 Å². The van der Waals surface area contributed by atoms with Crippen molar-refractivity contribution in [3.05, 3.63) is 30.3 Å². The van der Waals surface area contributed by atoms with E-state index in [1.165, 1.54) is 0 Å². The number of rotatable bonds is 2. The molecule has 0 atom stereocenters. The SMILES string of the molecule is COc1cccc2cc(-c3cc(N)on3)oc12. The van der Waals surface area contributed by atoms with Gasteiger partial charge >= 0.3 is 0 Å². The van der Waals surface area contributed by atoms with E-state index in [0.717, 1.165) is 5.39 Å². The number of aromatic nitrogens is 1. The van der Waals surface area contributed by atoms with Gasteiger partial charge < -0.3 is 19.4 Å². The van der Waals surface area contributed by atoms with Crippen molar-refractivity contribution in [2.45, 2.75) is 0 Å². The highest BCUT2D eigenvalue weighted by molar-refractivity contribution is 5.87. The maximum absolute atomic E-state index is 5.69. The van der Waals surface area contributed by atoms with Crippen LogP contribution in [0.25, 0.3) is 22.4 Å². The number of hydrogen-bond acceptors (Lipinski definition) is 5. The van der Waals surface area contributed by atoms with Gasteiger partial charge in [-0.15, -0.1) is 0 Å². The van der Waals surface area contributed by atoms with Gasteiger partial charge in [0, 0.05) is 11.5 Å². The fourth-order valence-corrected chi connectivity index (χ4v) is 1.73. The zero-order valence-corrected chi connectivity index (χ0v) is 9.14. The fraction of sp³-hybridized carbons (Fsp3) is 0.0833. The van der Waals surface area contributed by atoms with Crippen LogP contribution in [0.4, 0.5) is 5.88 Å². The summed E-state index contributed by atoms with van der Waals surface area (Å²) in [6.45, 7) is 0. The third-order valence-electron chi connectivity index (χ3n) is 2.51. The number of ether oxygens (including phenoxy) is 1. The van der Waals surface area contributed by atoms with E-state index >= 15 is 0 Å². The van der Waals surface area contributed by atoms with Crippen molar-refractivity contribution in [3.8, 4) is 17.2 Å². The molecule has 2 heterocycles. The fourth-order valence-electron chi connectivity index (χ4n) is 1.73. The van der Waals surface area contributed by atoms with Crippen LogP contribution in [0, 0.1) is 0 Å². The molecule has 1 aromatic carbocycles. The highest BCUT2D eigenvalue weighted by Crippen LogP contribution is 2.33. The first-order valence-corrected chi connectivity index (χ1v) is 5.07. The van der Waals surface area contributed by atoms with E-state index in [0.29, 0.717) is 22.8 Å². The minimum Gasteiger partial charge on any atom is -0.493 e. The lowest BCUT2D eigenvalue weighted by Crippen LogP contribution is -1.81. The van der Waals surface area contributed by atoms with Crippen LogP contribution in [-0.4, -0.2) is 12.3 Å². The Morgan fingerprint density at radius 3 is 2.88 bits per heavy atom. The van der Waals surface area contributed by atoms with E-state index < -0.39 is 0 Å². The number of benzene rings is 1. The molecule has 5 nitrogen and oxygen atoms in total. The normalized spacial score (nSPS) is 10.9. The average Bonchev–Trinajstić information content (AvgIpc) is 2.93. The van der Waals surface area contributed by atoms with Crippen molar-refractivity contribution in [3.63, 3.8) is 0 Å². The molecule has 0 aliphatic rings. The van der Waals surface area contributed by atoms with Gasteiger partial charge in [0.05, 0.1) is 7.11 Å². The third-order valence-corrected chi connectivity index (χ3v) is 2.51. The summed E-state index contributed by atoms with van der Waals surface area (Å²) in [5.74, 6) is 1.54. The molecule has 0 saturated carbocycles. The summed E-state index contributed by atoms with van der Waals surface area (Å²) < 4.78 is 15.7. The summed E-state index contributed by atoms with van der Waals surface area (Å²) in [6.07, 6.45) is 0. The van der Waals surface area contributed by atoms with Crippen molar-refractivity contribution >= 4 is 16.9 Å². The largest absolute Gasteiger partial charge is 0.493 e. The Morgan fingerprint density at radius 2 is 2.18 bits per heavy atom. The lowest BCUT2D eigenvalue weighted by atomic mass is 10.2. The van der Waals surface area contributed by atoms with Gasteiger partial charge in [0.15, 0.2) is 22.8 Å². The monoisotopic (exact) mass is 230 g/mol. The number of nitrogens with two attached hydrogens (primary N) is 1. The minimum absolute atomic E-state index is 0.257. The van der Waals surface area contributed by atoms with Crippen molar-refractivity contribution in [2.75, 3.05) is 12.8 Å². The van der Waals surface area contributed by atoms with E-state index in [4.69, 9.17) is 19.4 Å². The predicted octanol–water partition coefficient (Wildman–Crippen LogP) is 2.68. The van der Waals surface area contributed by atoms with E-state index in [2.05, 4.69) is 5.16 Å². The van der Waals surface area contributed by atoms with Crippen LogP contribution in [0.5, 0.6) is 5.75 Å². The Labute approximate surface area is 96.7 Å². The van der Waals surface area contributed by atoms with Crippen molar-refractivity contribution in [2.24, 2.45) is 0 Å². The molecule has 3 rings (SSSR count). The molecule has 2 N–H and O–H groups in total. The Morgan fingerprint density at radius 1 is 1.29 bits per heavy atom. The van der Waals surface area contributed by atoms with E-state index in [9.17, 15) is 0 Å². The summed E-state index contributed by atoms with van der Waals surface area (Å²) in [6, 6.07) is 9.16. The van der Waals surface area contributed by atoms with E-state index in [-0.39, 0.29) is 5.88 Å². The van der Waals surface area contributed by atoms with Gasteiger partial charge in [-0.25, -0.2) is 0 Å². The lowest BCUT2D eigenvalue weighted by Gasteiger charge is -1.98. The predicted molar refractivity (Wildman–Crippen MR) is 62.7 cm³/mol. The summed E-state index contributed by atoms with van der Waals surface area (Å²) >= 11 is 0. The molecular formula is C12H10N2O3. The molecule has 2 aromatic heterocycles. The second-order valence-corrected chi connectivity index (χ2v) is 3.60. The number of anilines is 1. The highest BCUT2D eigenvalue weighted by atomic mass is 16.5. The van der Waals surface area contributed by atoms with Gasteiger partial charge in [0.1, 0.15) is 0 Å². The zero-order valence-electron chi connectivity index (χ0n) is 9.14. The van der Waals surface area contributed by atoms with E-state index in [1.807, 2.05) is 24.3 Å². The molecule has 5 heteroatoms. The second kappa shape index (κ2) is 3.55. The quantitative estimate of drug-likeness (QED) is 0.732. The number of nitrogen functional groups attached to an aromatic ring is 1. The molecule has 0 bridgehead atoms. The Hall–Kier alpha value is -2.43. The van der Waals surface area contributed by atoms with Gasteiger partial charge in [0.25, 0.3) is 0 Å². The molecule has 0 amide bonds. The summed E-state index contributed by atoms with van der Waals surface area (Å²) in [5, 5.41) is 4.75. The lowest BCUT2D eigenvalue weighted by molar-refractivity contribution is 0.410. The Bertz CT molecular complexity index is 669. The first kappa shape index (κ1) is 9.77. The van der Waals surface area contributed by atoms with Crippen LogP contribution in [0.2, 0.25) is 0 Å². The van der Waals surface area contributed by atoms with Gasteiger partial charge in [-0.3, -0.25) is 0 Å². The summed E-state index contributed by atoms with van der Waals surface area (Å²) in [7, 11) is 1.60. The summed E-state index contributed by atoms with van der Waals surface area (Å²) in [4.78, 5) is 0. The number of methoxy groups -OCH3 is 1. The molecule has 0 aliphatic carbocycles.